The lowest BCUT2D eigenvalue weighted by Gasteiger charge is -2.54. The van der Waals surface area contributed by atoms with Crippen LogP contribution in [0.2, 0.25) is 0 Å². The molecule has 0 unspecified atom stereocenters. The molecule has 2 saturated carbocycles. The Hall–Kier alpha value is -2.17. The van der Waals surface area contributed by atoms with Crippen molar-refractivity contribution < 1.29 is 15.0 Å². The molecule has 0 aromatic heterocycles. The molecular formula is C29H37NO3. The van der Waals surface area contributed by atoms with Crippen LogP contribution in [0.15, 0.2) is 59.2 Å². The van der Waals surface area contributed by atoms with Crippen LogP contribution in [0.25, 0.3) is 0 Å². The number of fused-ring (bicyclic) bond motifs is 4. The number of hydrogen-bond acceptors (Lipinski definition) is 4. The molecule has 0 saturated heterocycles. The second-order valence-corrected chi connectivity index (χ2v) is 11.0. The van der Waals surface area contributed by atoms with Crippen LogP contribution in [0.3, 0.4) is 0 Å². The number of aliphatic hydroxyl groups excluding tert-OH is 1. The van der Waals surface area contributed by atoms with E-state index in [1.54, 1.807) is 11.6 Å². The molecule has 0 radical (unpaired) electrons. The standard InChI is InChI=1S/C29H37NO3/c1-28-18-25(19-5-8-21(9-6-19)30(2)3)27-23-12-10-22(32)17-20(23)7-11-24(27)26(28)13-15-29(28,33)14-4-16-31/h4-6,8-9,14,17,24-26,31,33H,7,10-13,15-16,18H2,1-3H3/b14-4-/t24-,25+,26-,28+,29+/m0/s1. The molecule has 33 heavy (non-hydrogen) atoms. The lowest BCUT2D eigenvalue weighted by molar-refractivity contribution is -0.114. The molecule has 4 aliphatic carbocycles. The third-order valence-corrected chi connectivity index (χ3v) is 9.26. The van der Waals surface area contributed by atoms with Gasteiger partial charge in [-0.3, -0.25) is 4.79 Å². The van der Waals surface area contributed by atoms with Crippen molar-refractivity contribution in [1.82, 2.24) is 0 Å². The molecule has 0 amide bonds. The third-order valence-electron chi connectivity index (χ3n) is 9.26. The van der Waals surface area contributed by atoms with Crippen LogP contribution in [0.4, 0.5) is 5.69 Å². The van der Waals surface area contributed by atoms with Gasteiger partial charge in [0, 0.05) is 37.5 Å². The average Bonchev–Trinajstić information content (AvgIpc) is 3.07. The first kappa shape index (κ1) is 22.6. The fourth-order valence-corrected chi connectivity index (χ4v) is 7.52. The van der Waals surface area contributed by atoms with Gasteiger partial charge in [-0.1, -0.05) is 36.8 Å². The Labute approximate surface area is 197 Å². The fourth-order valence-electron chi connectivity index (χ4n) is 7.52. The van der Waals surface area contributed by atoms with Crippen LogP contribution >= 0.6 is 0 Å². The number of allylic oxidation sites excluding steroid dienone is 4. The molecule has 5 rings (SSSR count). The smallest absolute Gasteiger partial charge is 0.156 e. The minimum Gasteiger partial charge on any atom is -0.392 e. The molecule has 1 aromatic rings. The van der Waals surface area contributed by atoms with Crippen molar-refractivity contribution in [3.05, 3.63) is 64.8 Å². The van der Waals surface area contributed by atoms with Gasteiger partial charge in [0.15, 0.2) is 5.78 Å². The molecule has 2 fully saturated rings. The van der Waals surface area contributed by atoms with Gasteiger partial charge in [0.25, 0.3) is 0 Å². The zero-order valence-electron chi connectivity index (χ0n) is 20.2. The Morgan fingerprint density at radius 2 is 1.88 bits per heavy atom. The maximum absolute atomic E-state index is 12.2. The van der Waals surface area contributed by atoms with E-state index in [9.17, 15) is 15.0 Å². The summed E-state index contributed by atoms with van der Waals surface area (Å²) in [5.41, 5.74) is 5.62. The molecule has 0 bridgehead atoms. The Morgan fingerprint density at radius 1 is 1.12 bits per heavy atom. The summed E-state index contributed by atoms with van der Waals surface area (Å²) in [7, 11) is 4.12. The summed E-state index contributed by atoms with van der Waals surface area (Å²) in [6, 6.07) is 8.91. The summed E-state index contributed by atoms with van der Waals surface area (Å²) in [5.74, 6) is 1.38. The normalized spacial score (nSPS) is 35.8. The number of benzene rings is 1. The molecular weight excluding hydrogens is 410 g/mol. The number of hydrogen-bond donors (Lipinski definition) is 2. The molecule has 0 spiro atoms. The number of carbonyl (C=O) groups excluding carboxylic acids is 1. The molecule has 176 valence electrons. The van der Waals surface area contributed by atoms with Gasteiger partial charge in [0.2, 0.25) is 0 Å². The predicted molar refractivity (Wildman–Crippen MR) is 132 cm³/mol. The van der Waals surface area contributed by atoms with Crippen molar-refractivity contribution in [2.45, 2.75) is 63.4 Å². The van der Waals surface area contributed by atoms with E-state index in [1.165, 1.54) is 22.4 Å². The number of ketones is 1. The highest BCUT2D eigenvalue weighted by molar-refractivity contribution is 5.93. The summed E-state index contributed by atoms with van der Waals surface area (Å²) < 4.78 is 0. The molecule has 4 nitrogen and oxygen atoms in total. The first-order valence-electron chi connectivity index (χ1n) is 12.5. The van der Waals surface area contributed by atoms with Gasteiger partial charge in [-0.05, 0) is 85.3 Å². The van der Waals surface area contributed by atoms with E-state index in [0.29, 0.717) is 18.3 Å². The SMILES string of the molecule is CN(C)c1ccc([C@H]2C[C@]3(C)[C@@H](CC[C@]3(O)/C=C\CO)[C@@H]3CCC4=CC(=O)CCC4=C32)cc1. The number of nitrogens with zero attached hydrogens (tertiary/aromatic N) is 1. The average molecular weight is 448 g/mol. The zero-order valence-corrected chi connectivity index (χ0v) is 20.2. The van der Waals surface area contributed by atoms with Crippen molar-refractivity contribution in [2.24, 2.45) is 17.3 Å². The quantitative estimate of drug-likeness (QED) is 0.643. The Balaban J connectivity index is 1.65. The summed E-state index contributed by atoms with van der Waals surface area (Å²) in [5, 5.41) is 21.3. The van der Waals surface area contributed by atoms with Gasteiger partial charge in [-0.2, -0.15) is 0 Å². The highest BCUT2D eigenvalue weighted by atomic mass is 16.3. The van der Waals surface area contributed by atoms with E-state index < -0.39 is 5.60 Å². The zero-order chi connectivity index (χ0) is 23.4. The first-order chi connectivity index (χ1) is 15.8. The predicted octanol–water partition coefficient (Wildman–Crippen LogP) is 4.93. The second-order valence-electron chi connectivity index (χ2n) is 11.0. The van der Waals surface area contributed by atoms with Gasteiger partial charge in [0.1, 0.15) is 0 Å². The molecule has 4 heteroatoms. The Bertz CT molecular complexity index is 1030. The minimum atomic E-state index is -0.892. The van der Waals surface area contributed by atoms with E-state index in [2.05, 4.69) is 50.2 Å². The maximum atomic E-state index is 12.2. The van der Waals surface area contributed by atoms with Gasteiger partial charge in [-0.25, -0.2) is 0 Å². The van der Waals surface area contributed by atoms with Gasteiger partial charge in [0.05, 0.1) is 12.2 Å². The van der Waals surface area contributed by atoms with E-state index in [1.807, 2.05) is 12.2 Å². The summed E-state index contributed by atoms with van der Waals surface area (Å²) in [6.45, 7) is 2.24. The van der Waals surface area contributed by atoms with E-state index in [-0.39, 0.29) is 23.7 Å². The number of rotatable bonds is 4. The molecule has 1 aromatic carbocycles. The van der Waals surface area contributed by atoms with Crippen molar-refractivity contribution >= 4 is 11.5 Å². The van der Waals surface area contributed by atoms with Crippen LogP contribution in [0, 0.1) is 17.3 Å². The van der Waals surface area contributed by atoms with E-state index in [4.69, 9.17) is 0 Å². The van der Waals surface area contributed by atoms with Crippen molar-refractivity contribution in [3.8, 4) is 0 Å². The van der Waals surface area contributed by atoms with E-state index >= 15 is 0 Å². The third kappa shape index (κ3) is 3.54. The van der Waals surface area contributed by atoms with Crippen molar-refractivity contribution in [3.63, 3.8) is 0 Å². The van der Waals surface area contributed by atoms with Crippen molar-refractivity contribution in [2.75, 3.05) is 25.6 Å². The molecule has 2 N–H and O–H groups in total. The van der Waals surface area contributed by atoms with Crippen LogP contribution in [-0.4, -0.2) is 42.3 Å². The largest absolute Gasteiger partial charge is 0.392 e. The topological polar surface area (TPSA) is 60.8 Å². The number of aliphatic hydroxyl groups is 2. The van der Waals surface area contributed by atoms with Gasteiger partial charge in [-0.15, -0.1) is 0 Å². The molecule has 0 aliphatic heterocycles. The van der Waals surface area contributed by atoms with Crippen molar-refractivity contribution in [1.29, 1.82) is 0 Å². The van der Waals surface area contributed by atoms with Gasteiger partial charge < -0.3 is 15.1 Å². The molecule has 5 atom stereocenters. The summed E-state index contributed by atoms with van der Waals surface area (Å²) >= 11 is 0. The van der Waals surface area contributed by atoms with Crippen LogP contribution < -0.4 is 4.90 Å². The van der Waals surface area contributed by atoms with Crippen LogP contribution in [0.1, 0.15) is 63.4 Å². The summed E-state index contributed by atoms with van der Waals surface area (Å²) in [4.78, 5) is 14.3. The number of anilines is 1. The van der Waals surface area contributed by atoms with Crippen LogP contribution in [0.5, 0.6) is 0 Å². The summed E-state index contributed by atoms with van der Waals surface area (Å²) in [6.07, 6.45) is 11.7. The van der Waals surface area contributed by atoms with Gasteiger partial charge >= 0.3 is 0 Å². The Morgan fingerprint density at radius 3 is 2.58 bits per heavy atom. The monoisotopic (exact) mass is 447 g/mol. The maximum Gasteiger partial charge on any atom is 0.156 e. The second kappa shape index (κ2) is 8.25. The molecule has 4 aliphatic rings. The lowest BCUT2D eigenvalue weighted by Crippen LogP contribution is -2.50. The van der Waals surface area contributed by atoms with Crippen LogP contribution in [-0.2, 0) is 4.79 Å². The lowest BCUT2D eigenvalue weighted by atomic mass is 9.51. The fraction of sp³-hybridized carbons (Fsp3) is 0.552. The Kier molecular flexibility index (Phi) is 5.65. The highest BCUT2D eigenvalue weighted by Crippen LogP contribution is 2.67. The minimum absolute atomic E-state index is 0.0423. The van der Waals surface area contributed by atoms with E-state index in [0.717, 1.165) is 38.5 Å². The molecule has 0 heterocycles. The highest BCUT2D eigenvalue weighted by Gasteiger charge is 2.61. The number of carbonyl (C=O) groups is 1. The first-order valence-corrected chi connectivity index (χ1v) is 12.5.